The van der Waals surface area contributed by atoms with Crippen molar-refractivity contribution in [2.24, 2.45) is 7.05 Å². The Hall–Kier alpha value is -1.63. The molecule has 0 fully saturated rings. The molecular weight excluding hydrogens is 248 g/mol. The molecule has 0 saturated heterocycles. The van der Waals surface area contributed by atoms with E-state index in [0.717, 1.165) is 35.3 Å². The van der Waals surface area contributed by atoms with Crippen molar-refractivity contribution in [2.45, 2.75) is 24.3 Å². The summed E-state index contributed by atoms with van der Waals surface area (Å²) in [5.41, 5.74) is 2.13. The van der Waals surface area contributed by atoms with Gasteiger partial charge < -0.3 is 5.32 Å². The molecule has 0 aliphatic rings. The first-order valence-corrected chi connectivity index (χ1v) is 6.82. The van der Waals surface area contributed by atoms with E-state index < -0.39 is 0 Å². The number of nitrogens with one attached hydrogen (secondary N) is 1. The Morgan fingerprint density at radius 1 is 1.44 bits per heavy atom. The summed E-state index contributed by atoms with van der Waals surface area (Å²) in [6, 6.07) is 4.04. The van der Waals surface area contributed by atoms with Crippen molar-refractivity contribution >= 4 is 17.4 Å². The van der Waals surface area contributed by atoms with Crippen molar-refractivity contribution in [2.75, 3.05) is 11.9 Å². The summed E-state index contributed by atoms with van der Waals surface area (Å²) >= 11 is 1.58. The van der Waals surface area contributed by atoms with Gasteiger partial charge in [0.1, 0.15) is 0 Å². The maximum Gasteiger partial charge on any atom is 0.209 e. The summed E-state index contributed by atoms with van der Waals surface area (Å²) in [6.45, 7) is 3.12. The number of aromatic nitrogens is 5. The van der Waals surface area contributed by atoms with Crippen LogP contribution in [0.15, 0.2) is 23.5 Å². The molecule has 2 heterocycles. The molecule has 0 saturated carbocycles. The maximum atomic E-state index is 4.34. The normalized spacial score (nSPS) is 10.6. The minimum atomic E-state index is 0.760. The van der Waals surface area contributed by atoms with E-state index in [1.54, 1.807) is 16.4 Å². The molecule has 2 aromatic rings. The van der Waals surface area contributed by atoms with Gasteiger partial charge >= 0.3 is 0 Å². The Labute approximate surface area is 110 Å². The highest BCUT2D eigenvalue weighted by molar-refractivity contribution is 7.98. The van der Waals surface area contributed by atoms with E-state index in [1.807, 2.05) is 19.3 Å². The third-order valence-electron chi connectivity index (χ3n) is 2.33. The van der Waals surface area contributed by atoms with Gasteiger partial charge in [-0.1, -0.05) is 18.7 Å². The van der Waals surface area contributed by atoms with E-state index in [9.17, 15) is 0 Å². The van der Waals surface area contributed by atoms with Crippen molar-refractivity contribution in [3.8, 4) is 0 Å². The molecule has 96 valence electrons. The van der Waals surface area contributed by atoms with Crippen molar-refractivity contribution in [3.63, 3.8) is 0 Å². The third-order valence-corrected chi connectivity index (χ3v) is 3.37. The number of nitrogens with zero attached hydrogens (tertiary/aromatic N) is 5. The lowest BCUT2D eigenvalue weighted by Crippen LogP contribution is -2.00. The van der Waals surface area contributed by atoms with Crippen LogP contribution in [-0.2, 0) is 12.8 Å². The van der Waals surface area contributed by atoms with Crippen molar-refractivity contribution in [1.29, 1.82) is 0 Å². The second kappa shape index (κ2) is 6.34. The molecule has 0 atom stereocenters. The summed E-state index contributed by atoms with van der Waals surface area (Å²) in [7, 11) is 1.83. The largest absolute Gasteiger partial charge is 0.385 e. The fourth-order valence-corrected chi connectivity index (χ4v) is 2.17. The van der Waals surface area contributed by atoms with E-state index in [0.29, 0.717) is 0 Å². The van der Waals surface area contributed by atoms with Crippen LogP contribution in [0, 0.1) is 0 Å². The van der Waals surface area contributed by atoms with Gasteiger partial charge in [-0.05, 0) is 29.0 Å². The average Bonchev–Trinajstić information content (AvgIpc) is 2.80. The van der Waals surface area contributed by atoms with E-state index in [4.69, 9.17) is 0 Å². The lowest BCUT2D eigenvalue weighted by atomic mass is 10.3. The molecule has 18 heavy (non-hydrogen) atoms. The molecule has 1 N–H and O–H groups in total. The number of rotatable bonds is 6. The third kappa shape index (κ3) is 3.43. The Kier molecular flexibility index (Phi) is 4.52. The van der Waals surface area contributed by atoms with Gasteiger partial charge in [-0.3, -0.25) is 4.98 Å². The number of pyridine rings is 1. The molecule has 0 amide bonds. The van der Waals surface area contributed by atoms with E-state index in [1.165, 1.54) is 0 Å². The van der Waals surface area contributed by atoms with Crippen LogP contribution in [0.2, 0.25) is 0 Å². The topological polar surface area (TPSA) is 68.5 Å². The second-order valence-electron chi connectivity index (χ2n) is 3.84. The van der Waals surface area contributed by atoms with Crippen LogP contribution in [0.1, 0.15) is 19.0 Å². The Balaban J connectivity index is 1.95. The van der Waals surface area contributed by atoms with Gasteiger partial charge in [-0.25, -0.2) is 4.68 Å². The van der Waals surface area contributed by atoms with Crippen LogP contribution >= 0.6 is 11.8 Å². The lowest BCUT2D eigenvalue weighted by Gasteiger charge is -2.06. The van der Waals surface area contributed by atoms with Gasteiger partial charge in [0.15, 0.2) is 0 Å². The molecule has 0 aliphatic carbocycles. The zero-order valence-corrected chi connectivity index (χ0v) is 11.3. The zero-order chi connectivity index (χ0) is 12.8. The van der Waals surface area contributed by atoms with E-state index in [-0.39, 0.29) is 0 Å². The first-order chi connectivity index (χ1) is 8.79. The highest BCUT2D eigenvalue weighted by Gasteiger charge is 2.04. The van der Waals surface area contributed by atoms with Crippen molar-refractivity contribution < 1.29 is 0 Å². The first kappa shape index (κ1) is 12.8. The van der Waals surface area contributed by atoms with Crippen LogP contribution < -0.4 is 5.32 Å². The quantitative estimate of drug-likeness (QED) is 0.801. The number of hydrogen-bond acceptors (Lipinski definition) is 6. The zero-order valence-electron chi connectivity index (χ0n) is 10.5. The molecule has 2 aromatic heterocycles. The summed E-state index contributed by atoms with van der Waals surface area (Å²) in [5, 5.41) is 15.5. The van der Waals surface area contributed by atoms with Crippen LogP contribution in [0.4, 0.5) is 5.69 Å². The molecule has 7 heteroatoms. The SMILES string of the molecule is CCCNc1ccnc(CSc2nnnn2C)c1. The van der Waals surface area contributed by atoms with Crippen LogP contribution in [0.5, 0.6) is 0 Å². The van der Waals surface area contributed by atoms with Crippen LogP contribution in [-0.4, -0.2) is 31.7 Å². The van der Waals surface area contributed by atoms with Gasteiger partial charge in [0.05, 0.1) is 5.69 Å². The number of anilines is 1. The Morgan fingerprint density at radius 3 is 3.06 bits per heavy atom. The molecular formula is C11H16N6S. The van der Waals surface area contributed by atoms with E-state index in [2.05, 4.69) is 38.8 Å². The molecule has 0 radical (unpaired) electrons. The summed E-state index contributed by atoms with van der Waals surface area (Å²) in [5.74, 6) is 0.760. The van der Waals surface area contributed by atoms with Gasteiger partial charge in [0.25, 0.3) is 0 Å². The predicted molar refractivity (Wildman–Crippen MR) is 71.4 cm³/mol. The minimum Gasteiger partial charge on any atom is -0.385 e. The fourth-order valence-electron chi connectivity index (χ4n) is 1.42. The molecule has 0 bridgehead atoms. The van der Waals surface area contributed by atoms with Crippen LogP contribution in [0.25, 0.3) is 0 Å². The number of tetrazole rings is 1. The van der Waals surface area contributed by atoms with Crippen molar-refractivity contribution in [1.82, 2.24) is 25.2 Å². The van der Waals surface area contributed by atoms with E-state index >= 15 is 0 Å². The van der Waals surface area contributed by atoms with Gasteiger partial charge in [0, 0.05) is 31.2 Å². The van der Waals surface area contributed by atoms with Crippen LogP contribution in [0.3, 0.4) is 0 Å². The molecule has 0 spiro atoms. The summed E-state index contributed by atoms with van der Waals surface area (Å²) < 4.78 is 1.66. The standard InChI is InChI=1S/C11H16N6S/c1-3-5-12-9-4-6-13-10(7-9)8-18-11-14-15-16-17(11)2/h4,6-7H,3,5,8H2,1-2H3,(H,12,13). The molecule has 0 unspecified atom stereocenters. The fraction of sp³-hybridized carbons (Fsp3) is 0.455. The van der Waals surface area contributed by atoms with Gasteiger partial charge in [-0.2, -0.15) is 0 Å². The Bertz CT molecular complexity index is 498. The smallest absolute Gasteiger partial charge is 0.209 e. The predicted octanol–water partition coefficient (Wildman–Crippen LogP) is 1.72. The van der Waals surface area contributed by atoms with Crippen molar-refractivity contribution in [3.05, 3.63) is 24.0 Å². The Morgan fingerprint density at radius 2 is 2.33 bits per heavy atom. The van der Waals surface area contributed by atoms with Gasteiger partial charge in [0.2, 0.25) is 5.16 Å². The molecule has 0 aliphatic heterocycles. The average molecular weight is 264 g/mol. The summed E-state index contributed by atoms with van der Waals surface area (Å²) in [6.07, 6.45) is 2.93. The number of thioether (sulfide) groups is 1. The number of aryl methyl sites for hydroxylation is 1. The molecule has 6 nitrogen and oxygen atoms in total. The maximum absolute atomic E-state index is 4.34. The van der Waals surface area contributed by atoms with Gasteiger partial charge in [-0.15, -0.1) is 5.10 Å². The molecule has 2 rings (SSSR count). The first-order valence-electron chi connectivity index (χ1n) is 5.83. The monoisotopic (exact) mass is 264 g/mol. The molecule has 0 aromatic carbocycles. The lowest BCUT2D eigenvalue weighted by molar-refractivity contribution is 0.664. The minimum absolute atomic E-state index is 0.760. The number of hydrogen-bond donors (Lipinski definition) is 1. The second-order valence-corrected chi connectivity index (χ2v) is 4.78. The highest BCUT2D eigenvalue weighted by Crippen LogP contribution is 2.19. The highest BCUT2D eigenvalue weighted by atomic mass is 32.2. The summed E-state index contributed by atoms with van der Waals surface area (Å²) in [4.78, 5) is 4.34.